The maximum Gasteiger partial charge on any atom is 0.416 e. The van der Waals surface area contributed by atoms with Crippen molar-refractivity contribution in [2.45, 2.75) is 43.7 Å². The van der Waals surface area contributed by atoms with Gasteiger partial charge in [0.1, 0.15) is 23.1 Å². The Balaban J connectivity index is 1.42. The molecule has 0 bridgehead atoms. The Morgan fingerprint density at radius 3 is 2.35 bits per heavy atom. The van der Waals surface area contributed by atoms with Crippen molar-refractivity contribution in [2.75, 3.05) is 32.7 Å². The van der Waals surface area contributed by atoms with E-state index in [4.69, 9.17) is 16.3 Å². The normalized spacial score (nSPS) is 24.7. The number of Topliss-reactive ketones (excluding diaryl/α,β-unsaturated/α-hetero) is 1. The number of ether oxygens (including phenoxy) is 1. The number of nitrogens with zero attached hydrogens (tertiary/aromatic N) is 2. The van der Waals surface area contributed by atoms with Crippen LogP contribution in [0.5, 0.6) is 5.75 Å². The van der Waals surface area contributed by atoms with Gasteiger partial charge >= 0.3 is 6.09 Å². The molecule has 0 radical (unpaired) electrons. The van der Waals surface area contributed by atoms with Crippen molar-refractivity contribution in [3.63, 3.8) is 0 Å². The first-order valence-electron chi connectivity index (χ1n) is 13.6. The van der Waals surface area contributed by atoms with Gasteiger partial charge in [0.25, 0.3) is 0 Å². The fourth-order valence-electron chi connectivity index (χ4n) is 6.14. The number of amides is 3. The highest BCUT2D eigenvalue weighted by molar-refractivity contribution is 6.30. The van der Waals surface area contributed by atoms with Gasteiger partial charge in [-0.05, 0) is 61.7 Å². The van der Waals surface area contributed by atoms with Crippen molar-refractivity contribution < 1.29 is 28.3 Å². The fourth-order valence-corrected chi connectivity index (χ4v) is 6.27. The monoisotopic (exact) mass is 570 g/mol. The summed E-state index contributed by atoms with van der Waals surface area (Å²) in [7, 11) is 0. The molecule has 9 nitrogen and oxygen atoms in total. The minimum absolute atomic E-state index is 0.0839. The van der Waals surface area contributed by atoms with Crippen LogP contribution in [0.15, 0.2) is 48.5 Å². The quantitative estimate of drug-likeness (QED) is 0.495. The molecule has 0 saturated carbocycles. The molecule has 0 spiro atoms. The number of halogens is 2. The highest BCUT2D eigenvalue weighted by atomic mass is 35.5. The van der Waals surface area contributed by atoms with Crippen LogP contribution in [0.3, 0.4) is 0 Å². The lowest BCUT2D eigenvalue weighted by Crippen LogP contribution is -2.64. The van der Waals surface area contributed by atoms with Crippen LogP contribution in [0.4, 0.5) is 9.18 Å². The van der Waals surface area contributed by atoms with Crippen molar-refractivity contribution in [2.24, 2.45) is 5.92 Å². The molecule has 40 heavy (non-hydrogen) atoms. The highest BCUT2D eigenvalue weighted by Crippen LogP contribution is 2.42. The number of rotatable bonds is 7. The number of likely N-dealkylation sites (N-methyl/N-ethyl adjacent to an activating group) is 1. The second-order valence-corrected chi connectivity index (χ2v) is 10.9. The van der Waals surface area contributed by atoms with E-state index in [1.807, 2.05) is 12.1 Å². The number of hydrogen-bond donors (Lipinski definition) is 2. The van der Waals surface area contributed by atoms with Crippen LogP contribution in [0.2, 0.25) is 5.02 Å². The van der Waals surface area contributed by atoms with E-state index < -0.39 is 23.5 Å². The predicted molar refractivity (Wildman–Crippen MR) is 145 cm³/mol. The van der Waals surface area contributed by atoms with Crippen LogP contribution < -0.4 is 15.4 Å². The standard InChI is InChI=1S/C29H32ClFN4O5/c1-2-35(28(39)40-22-9-7-21(31)8-10-22)29(17-32-16-23(29)18-3-5-20(30)6-4-18)26(37)19-11-13-34(14-12-19)27(38)24-15-25(36)33-24/h3-10,19,23-24,32H,2,11-17H2,1H3,(H,33,36)/t23-,24-,29+/m0/s1. The molecule has 3 aliphatic heterocycles. The van der Waals surface area contributed by atoms with E-state index in [1.165, 1.54) is 29.2 Å². The molecular weight excluding hydrogens is 539 g/mol. The van der Waals surface area contributed by atoms with Crippen molar-refractivity contribution in [1.29, 1.82) is 0 Å². The van der Waals surface area contributed by atoms with Gasteiger partial charge in [-0.3, -0.25) is 19.3 Å². The zero-order chi connectivity index (χ0) is 28.4. The largest absolute Gasteiger partial charge is 0.416 e. The van der Waals surface area contributed by atoms with Crippen LogP contribution in [0, 0.1) is 11.7 Å². The molecule has 2 N–H and O–H groups in total. The van der Waals surface area contributed by atoms with Crippen LogP contribution in [-0.4, -0.2) is 77.8 Å². The van der Waals surface area contributed by atoms with E-state index in [1.54, 1.807) is 24.0 Å². The first-order chi connectivity index (χ1) is 19.2. The zero-order valence-electron chi connectivity index (χ0n) is 22.2. The van der Waals surface area contributed by atoms with Gasteiger partial charge in [0.05, 0.1) is 6.42 Å². The van der Waals surface area contributed by atoms with Crippen LogP contribution in [-0.2, 0) is 14.4 Å². The zero-order valence-corrected chi connectivity index (χ0v) is 23.0. The number of carbonyl (C=O) groups excluding carboxylic acids is 4. The Morgan fingerprint density at radius 2 is 1.75 bits per heavy atom. The summed E-state index contributed by atoms with van der Waals surface area (Å²) in [6, 6.07) is 11.9. The Morgan fingerprint density at radius 1 is 1.10 bits per heavy atom. The number of hydrogen-bond acceptors (Lipinski definition) is 6. The third-order valence-electron chi connectivity index (χ3n) is 8.26. The number of piperidine rings is 1. The van der Waals surface area contributed by atoms with Crippen LogP contribution in [0.25, 0.3) is 0 Å². The Hall–Kier alpha value is -3.50. The summed E-state index contributed by atoms with van der Waals surface area (Å²) in [6.45, 7) is 3.49. The molecule has 11 heteroatoms. The lowest BCUT2D eigenvalue weighted by molar-refractivity contribution is -0.146. The number of carbonyl (C=O) groups is 4. The van der Waals surface area contributed by atoms with Gasteiger partial charge in [0.15, 0.2) is 5.78 Å². The predicted octanol–water partition coefficient (Wildman–Crippen LogP) is 3.12. The molecule has 2 aromatic carbocycles. The van der Waals surface area contributed by atoms with Crippen molar-refractivity contribution in [3.05, 3.63) is 64.9 Å². The molecular formula is C29H32ClFN4O5. The average molecular weight is 571 g/mol. The summed E-state index contributed by atoms with van der Waals surface area (Å²) in [5.74, 6) is -1.38. The van der Waals surface area contributed by atoms with Crippen molar-refractivity contribution in [1.82, 2.24) is 20.4 Å². The minimum Gasteiger partial charge on any atom is -0.410 e. The van der Waals surface area contributed by atoms with Gasteiger partial charge in [-0.25, -0.2) is 9.18 Å². The highest BCUT2D eigenvalue weighted by Gasteiger charge is 2.57. The maximum absolute atomic E-state index is 14.6. The van der Waals surface area contributed by atoms with Gasteiger partial charge in [-0.1, -0.05) is 23.7 Å². The van der Waals surface area contributed by atoms with Gasteiger partial charge in [0, 0.05) is 49.6 Å². The number of ketones is 1. The van der Waals surface area contributed by atoms with E-state index in [0.29, 0.717) is 37.5 Å². The van der Waals surface area contributed by atoms with Gasteiger partial charge in [-0.15, -0.1) is 0 Å². The molecule has 3 fully saturated rings. The topological polar surface area (TPSA) is 108 Å². The number of β-lactam (4-membered cyclic amide) rings is 1. The van der Waals surface area contributed by atoms with Crippen LogP contribution in [0.1, 0.15) is 37.7 Å². The average Bonchev–Trinajstić information content (AvgIpc) is 3.38. The molecule has 0 aliphatic carbocycles. The molecule has 5 rings (SSSR count). The third kappa shape index (κ3) is 5.30. The molecule has 2 aromatic rings. The molecule has 0 aromatic heterocycles. The van der Waals surface area contributed by atoms with E-state index in [0.717, 1.165) is 5.56 Å². The Kier molecular flexibility index (Phi) is 8.09. The molecule has 3 heterocycles. The van der Waals surface area contributed by atoms with E-state index in [9.17, 15) is 23.6 Å². The van der Waals surface area contributed by atoms with Gasteiger partial charge in [-0.2, -0.15) is 0 Å². The molecule has 3 atom stereocenters. The minimum atomic E-state index is -1.25. The second kappa shape index (κ2) is 11.5. The number of benzene rings is 2. The van der Waals surface area contributed by atoms with E-state index >= 15 is 0 Å². The number of nitrogens with one attached hydrogen (secondary N) is 2. The van der Waals surface area contributed by atoms with Crippen molar-refractivity contribution in [3.8, 4) is 5.75 Å². The second-order valence-electron chi connectivity index (χ2n) is 10.5. The van der Waals surface area contributed by atoms with Crippen LogP contribution >= 0.6 is 11.6 Å². The van der Waals surface area contributed by atoms with Gasteiger partial charge < -0.3 is 20.3 Å². The third-order valence-corrected chi connectivity index (χ3v) is 8.51. The Labute approximate surface area is 237 Å². The lowest BCUT2D eigenvalue weighted by Gasteiger charge is -2.45. The lowest BCUT2D eigenvalue weighted by atomic mass is 9.71. The molecule has 212 valence electrons. The van der Waals surface area contributed by atoms with E-state index in [-0.39, 0.29) is 54.7 Å². The number of likely N-dealkylation sites (tertiary alicyclic amines) is 1. The fraction of sp³-hybridized carbons (Fsp3) is 0.448. The smallest absolute Gasteiger partial charge is 0.410 e. The molecule has 3 amide bonds. The summed E-state index contributed by atoms with van der Waals surface area (Å²) in [5, 5.41) is 6.52. The summed E-state index contributed by atoms with van der Waals surface area (Å²) in [5.41, 5.74) is -0.387. The van der Waals surface area contributed by atoms with Gasteiger partial charge in [0.2, 0.25) is 11.8 Å². The maximum atomic E-state index is 14.6. The molecule has 3 saturated heterocycles. The molecule has 0 unspecified atom stereocenters. The summed E-state index contributed by atoms with van der Waals surface area (Å²) < 4.78 is 19.1. The molecule has 3 aliphatic rings. The van der Waals surface area contributed by atoms with Crippen molar-refractivity contribution >= 4 is 35.3 Å². The summed E-state index contributed by atoms with van der Waals surface area (Å²) in [6.07, 6.45) is 0.394. The summed E-state index contributed by atoms with van der Waals surface area (Å²) >= 11 is 6.15. The Bertz CT molecular complexity index is 1270. The first kappa shape index (κ1) is 28.0. The van der Waals surface area contributed by atoms with E-state index in [2.05, 4.69) is 10.6 Å². The summed E-state index contributed by atoms with van der Waals surface area (Å²) in [4.78, 5) is 55.4. The SMILES string of the molecule is CCN(C(=O)Oc1ccc(F)cc1)[C@]1(C(=O)C2CCN(C(=O)[C@@H]3CC(=O)N3)CC2)CNC[C@H]1c1ccc(Cl)cc1. The first-order valence-corrected chi connectivity index (χ1v) is 13.9.